The minimum absolute atomic E-state index is 0.0627. The molecule has 4 nitrogen and oxygen atoms in total. The average Bonchev–Trinajstić information content (AvgIpc) is 2.41. The number of anilines is 3. The molecule has 0 aliphatic heterocycles. The zero-order valence-electron chi connectivity index (χ0n) is 12.3. The van der Waals surface area contributed by atoms with E-state index in [1.165, 1.54) is 0 Å². The van der Waals surface area contributed by atoms with E-state index < -0.39 is 0 Å². The molecule has 2 aromatic rings. The van der Waals surface area contributed by atoms with E-state index in [1.807, 2.05) is 25.1 Å². The Kier molecular flexibility index (Phi) is 4.53. The van der Waals surface area contributed by atoms with E-state index in [0.717, 1.165) is 15.7 Å². The fraction of sp³-hybridized carbons (Fsp3) is 0.188. The minimum atomic E-state index is -0.0627. The summed E-state index contributed by atoms with van der Waals surface area (Å²) in [6.07, 6.45) is 0. The van der Waals surface area contributed by atoms with Crippen LogP contribution in [-0.2, 0) is 0 Å². The fourth-order valence-corrected chi connectivity index (χ4v) is 2.48. The van der Waals surface area contributed by atoms with Crippen molar-refractivity contribution < 1.29 is 4.79 Å². The maximum atomic E-state index is 12.2. The zero-order valence-corrected chi connectivity index (χ0v) is 13.9. The van der Waals surface area contributed by atoms with Crippen molar-refractivity contribution >= 4 is 38.9 Å². The quantitative estimate of drug-likeness (QED) is 0.830. The molecule has 0 bridgehead atoms. The van der Waals surface area contributed by atoms with Crippen molar-refractivity contribution in [1.82, 2.24) is 4.90 Å². The van der Waals surface area contributed by atoms with Crippen LogP contribution < -0.4 is 11.1 Å². The van der Waals surface area contributed by atoms with E-state index in [-0.39, 0.29) is 5.91 Å². The zero-order chi connectivity index (χ0) is 15.6. The Morgan fingerprint density at radius 1 is 1.14 bits per heavy atom. The van der Waals surface area contributed by atoms with Gasteiger partial charge in [0.2, 0.25) is 0 Å². The van der Waals surface area contributed by atoms with Gasteiger partial charge in [-0.2, -0.15) is 0 Å². The molecule has 0 spiro atoms. The molecule has 0 fully saturated rings. The van der Waals surface area contributed by atoms with Crippen LogP contribution in [0.25, 0.3) is 0 Å². The lowest BCUT2D eigenvalue weighted by Gasteiger charge is -2.17. The molecule has 0 aromatic heterocycles. The summed E-state index contributed by atoms with van der Waals surface area (Å²) in [6, 6.07) is 11.2. The van der Waals surface area contributed by atoms with Crippen molar-refractivity contribution in [3.05, 3.63) is 52.0 Å². The summed E-state index contributed by atoms with van der Waals surface area (Å²) in [5.41, 5.74) is 9.78. The Bertz CT molecular complexity index is 683. The van der Waals surface area contributed by atoms with Crippen LogP contribution in [0.3, 0.4) is 0 Å². The van der Waals surface area contributed by atoms with Gasteiger partial charge < -0.3 is 16.0 Å². The summed E-state index contributed by atoms with van der Waals surface area (Å²) in [5, 5.41) is 3.30. The van der Waals surface area contributed by atoms with Crippen LogP contribution >= 0.6 is 15.9 Å². The molecule has 2 rings (SSSR count). The second-order valence-corrected chi connectivity index (χ2v) is 6.00. The first-order valence-electron chi connectivity index (χ1n) is 6.53. The molecule has 5 heteroatoms. The maximum absolute atomic E-state index is 12.2. The van der Waals surface area contributed by atoms with Gasteiger partial charge in [0.05, 0.1) is 11.3 Å². The van der Waals surface area contributed by atoms with Crippen LogP contribution in [0.1, 0.15) is 15.9 Å². The molecule has 1 amide bonds. The molecular formula is C16H18BrN3O. The van der Waals surface area contributed by atoms with Gasteiger partial charge in [0, 0.05) is 29.9 Å². The number of benzene rings is 2. The first kappa shape index (κ1) is 15.4. The summed E-state index contributed by atoms with van der Waals surface area (Å²) in [6.45, 7) is 2.01. The highest BCUT2D eigenvalue weighted by atomic mass is 79.9. The van der Waals surface area contributed by atoms with E-state index in [0.29, 0.717) is 16.9 Å². The number of halogens is 1. The number of amides is 1. The summed E-state index contributed by atoms with van der Waals surface area (Å²) < 4.78 is 1.02. The number of nitrogen functional groups attached to an aromatic ring is 1. The Morgan fingerprint density at radius 2 is 1.86 bits per heavy atom. The molecule has 0 atom stereocenters. The van der Waals surface area contributed by atoms with Crippen LogP contribution in [0.2, 0.25) is 0 Å². The number of nitrogens with two attached hydrogens (primary N) is 1. The molecule has 0 unspecified atom stereocenters. The number of aryl methyl sites for hydroxylation is 1. The monoisotopic (exact) mass is 347 g/mol. The topological polar surface area (TPSA) is 58.4 Å². The lowest BCUT2D eigenvalue weighted by molar-refractivity contribution is 0.0828. The average molecular weight is 348 g/mol. The van der Waals surface area contributed by atoms with Crippen molar-refractivity contribution in [2.75, 3.05) is 25.1 Å². The Labute approximate surface area is 133 Å². The fourth-order valence-electron chi connectivity index (χ4n) is 2.01. The molecular weight excluding hydrogens is 330 g/mol. The van der Waals surface area contributed by atoms with Crippen LogP contribution in [-0.4, -0.2) is 24.9 Å². The maximum Gasteiger partial charge on any atom is 0.255 e. The Morgan fingerprint density at radius 3 is 2.48 bits per heavy atom. The van der Waals surface area contributed by atoms with Gasteiger partial charge in [-0.05, 0) is 48.9 Å². The Hall–Kier alpha value is -2.01. The van der Waals surface area contributed by atoms with Crippen LogP contribution in [0.4, 0.5) is 17.1 Å². The highest BCUT2D eigenvalue weighted by Crippen LogP contribution is 2.28. The van der Waals surface area contributed by atoms with E-state index in [1.54, 1.807) is 37.2 Å². The van der Waals surface area contributed by atoms with Gasteiger partial charge in [0.1, 0.15) is 0 Å². The summed E-state index contributed by atoms with van der Waals surface area (Å²) >= 11 is 3.44. The number of hydrogen-bond donors (Lipinski definition) is 2. The molecule has 0 aliphatic carbocycles. The van der Waals surface area contributed by atoms with Gasteiger partial charge in [0.15, 0.2) is 0 Å². The van der Waals surface area contributed by atoms with Gasteiger partial charge in [-0.1, -0.05) is 15.9 Å². The number of nitrogens with zero attached hydrogens (tertiary/aromatic N) is 1. The first-order valence-corrected chi connectivity index (χ1v) is 7.32. The van der Waals surface area contributed by atoms with Crippen molar-refractivity contribution in [3.63, 3.8) is 0 Å². The molecule has 21 heavy (non-hydrogen) atoms. The van der Waals surface area contributed by atoms with Gasteiger partial charge in [-0.15, -0.1) is 0 Å². The van der Waals surface area contributed by atoms with Crippen LogP contribution in [0.5, 0.6) is 0 Å². The summed E-state index contributed by atoms with van der Waals surface area (Å²) in [4.78, 5) is 13.8. The van der Waals surface area contributed by atoms with E-state index in [4.69, 9.17) is 5.73 Å². The van der Waals surface area contributed by atoms with Crippen molar-refractivity contribution in [1.29, 1.82) is 0 Å². The highest BCUT2D eigenvalue weighted by molar-refractivity contribution is 9.10. The molecule has 0 radical (unpaired) electrons. The smallest absolute Gasteiger partial charge is 0.255 e. The third kappa shape index (κ3) is 3.55. The van der Waals surface area contributed by atoms with Crippen LogP contribution in [0, 0.1) is 6.92 Å². The van der Waals surface area contributed by atoms with Gasteiger partial charge in [-0.25, -0.2) is 0 Å². The van der Waals surface area contributed by atoms with E-state index in [2.05, 4.69) is 21.2 Å². The Balaban J connectivity index is 2.43. The third-order valence-corrected chi connectivity index (χ3v) is 3.63. The first-order chi connectivity index (χ1) is 9.88. The van der Waals surface area contributed by atoms with Crippen molar-refractivity contribution in [2.24, 2.45) is 0 Å². The number of carbonyl (C=O) groups is 1. The minimum Gasteiger partial charge on any atom is -0.399 e. The predicted octanol–water partition coefficient (Wildman–Crippen LogP) is 3.79. The molecule has 2 aromatic carbocycles. The molecule has 0 aliphatic rings. The normalized spacial score (nSPS) is 10.3. The molecule has 0 saturated carbocycles. The largest absolute Gasteiger partial charge is 0.399 e. The van der Waals surface area contributed by atoms with Gasteiger partial charge >= 0.3 is 0 Å². The number of carbonyl (C=O) groups excluding carboxylic acids is 1. The lowest BCUT2D eigenvalue weighted by Crippen LogP contribution is -2.22. The van der Waals surface area contributed by atoms with Crippen molar-refractivity contribution in [3.8, 4) is 0 Å². The third-order valence-electron chi connectivity index (χ3n) is 3.14. The van der Waals surface area contributed by atoms with Gasteiger partial charge in [0.25, 0.3) is 5.91 Å². The lowest BCUT2D eigenvalue weighted by atomic mass is 10.1. The van der Waals surface area contributed by atoms with Crippen molar-refractivity contribution in [2.45, 2.75) is 6.92 Å². The molecule has 110 valence electrons. The van der Waals surface area contributed by atoms with Crippen LogP contribution in [0.15, 0.2) is 40.9 Å². The van der Waals surface area contributed by atoms with E-state index >= 15 is 0 Å². The standard InChI is InChI=1S/C16H18BrN3O/c1-10-8-11(17)4-7-14(10)19-15-9-12(18)5-6-13(15)16(21)20(2)3/h4-9,19H,18H2,1-3H3. The van der Waals surface area contributed by atoms with Gasteiger partial charge in [-0.3, -0.25) is 4.79 Å². The number of rotatable bonds is 3. The molecule has 0 heterocycles. The number of hydrogen-bond acceptors (Lipinski definition) is 3. The second kappa shape index (κ2) is 6.18. The predicted molar refractivity (Wildman–Crippen MR) is 91.0 cm³/mol. The number of nitrogens with one attached hydrogen (secondary N) is 1. The second-order valence-electron chi connectivity index (χ2n) is 5.09. The molecule has 3 N–H and O–H groups in total. The highest BCUT2D eigenvalue weighted by Gasteiger charge is 2.14. The summed E-state index contributed by atoms with van der Waals surface area (Å²) in [7, 11) is 3.46. The summed E-state index contributed by atoms with van der Waals surface area (Å²) in [5.74, 6) is -0.0627. The SMILES string of the molecule is Cc1cc(Br)ccc1Nc1cc(N)ccc1C(=O)N(C)C. The molecule has 0 saturated heterocycles. The van der Waals surface area contributed by atoms with E-state index in [9.17, 15) is 4.79 Å².